The molecule has 0 unspecified atom stereocenters. The van der Waals surface area contributed by atoms with Gasteiger partial charge in [-0.2, -0.15) is 0 Å². The van der Waals surface area contributed by atoms with Crippen LogP contribution in [0.4, 0.5) is 4.79 Å². The number of aryl methyl sites for hydroxylation is 1. The summed E-state index contributed by atoms with van der Waals surface area (Å²) in [7, 11) is 1.75. The number of carbonyl (C=O) groups excluding carboxylic acids is 1. The first kappa shape index (κ1) is 25.4. The quantitative estimate of drug-likeness (QED) is 0.220. The molecule has 1 aliphatic rings. The molecule has 1 amide bonds. The van der Waals surface area contributed by atoms with Gasteiger partial charge in [0, 0.05) is 46.1 Å². The predicted octanol–water partition coefficient (Wildman–Crippen LogP) is 2.24. The van der Waals surface area contributed by atoms with E-state index in [9.17, 15) is 4.79 Å². The number of aromatic nitrogens is 3. The highest BCUT2D eigenvalue weighted by molar-refractivity contribution is 14.0. The number of nitrogens with one attached hydrogen (secondary N) is 3. The summed E-state index contributed by atoms with van der Waals surface area (Å²) in [6.45, 7) is 8.56. The van der Waals surface area contributed by atoms with Gasteiger partial charge in [0.05, 0.1) is 0 Å². The SMILES string of the molecule is CN=C(NCCCNC(=O)OC(C)(C)C)NCCc1nnc2n1CCCCC2.I. The van der Waals surface area contributed by atoms with Crippen molar-refractivity contribution >= 4 is 36.0 Å². The highest BCUT2D eigenvalue weighted by Crippen LogP contribution is 2.14. The van der Waals surface area contributed by atoms with Gasteiger partial charge >= 0.3 is 6.09 Å². The summed E-state index contributed by atoms with van der Waals surface area (Å²) in [4.78, 5) is 15.8. The fourth-order valence-corrected chi connectivity index (χ4v) is 3.04. The molecule has 1 aliphatic heterocycles. The third kappa shape index (κ3) is 9.64. The van der Waals surface area contributed by atoms with Crippen LogP contribution in [0.25, 0.3) is 0 Å². The Hall–Kier alpha value is -1.59. The van der Waals surface area contributed by atoms with Crippen LogP contribution >= 0.6 is 24.0 Å². The minimum Gasteiger partial charge on any atom is -0.444 e. The van der Waals surface area contributed by atoms with E-state index in [1.165, 1.54) is 19.3 Å². The molecule has 29 heavy (non-hydrogen) atoms. The molecule has 2 rings (SSSR count). The minimum atomic E-state index is -0.475. The summed E-state index contributed by atoms with van der Waals surface area (Å²) >= 11 is 0. The van der Waals surface area contributed by atoms with Gasteiger partial charge in [-0.15, -0.1) is 34.2 Å². The van der Waals surface area contributed by atoms with Crippen molar-refractivity contribution in [3.63, 3.8) is 0 Å². The molecule has 1 aromatic rings. The van der Waals surface area contributed by atoms with Crippen molar-refractivity contribution < 1.29 is 9.53 Å². The van der Waals surface area contributed by atoms with E-state index in [-0.39, 0.29) is 30.1 Å². The van der Waals surface area contributed by atoms with Crippen LogP contribution in [-0.2, 0) is 24.1 Å². The molecule has 166 valence electrons. The molecular weight excluding hydrogens is 485 g/mol. The maximum atomic E-state index is 11.6. The second-order valence-corrected chi connectivity index (χ2v) is 7.95. The molecule has 0 saturated heterocycles. The summed E-state index contributed by atoms with van der Waals surface area (Å²) in [5, 5.41) is 18.0. The molecule has 0 radical (unpaired) electrons. The van der Waals surface area contributed by atoms with Crippen molar-refractivity contribution in [2.75, 3.05) is 26.7 Å². The maximum Gasteiger partial charge on any atom is 0.407 e. The van der Waals surface area contributed by atoms with Gasteiger partial charge in [-0.05, 0) is 40.0 Å². The molecule has 0 aliphatic carbocycles. The van der Waals surface area contributed by atoms with Gasteiger partial charge < -0.3 is 25.3 Å². The molecule has 2 heterocycles. The van der Waals surface area contributed by atoms with Crippen molar-refractivity contribution in [1.82, 2.24) is 30.7 Å². The minimum absolute atomic E-state index is 0. The van der Waals surface area contributed by atoms with Crippen LogP contribution in [0.3, 0.4) is 0 Å². The zero-order valence-corrected chi connectivity index (χ0v) is 20.4. The van der Waals surface area contributed by atoms with E-state index >= 15 is 0 Å². The lowest BCUT2D eigenvalue weighted by Gasteiger charge is -2.19. The van der Waals surface area contributed by atoms with E-state index in [4.69, 9.17) is 4.74 Å². The monoisotopic (exact) mass is 521 g/mol. The Kier molecular flexibility index (Phi) is 11.3. The average molecular weight is 521 g/mol. The first-order chi connectivity index (χ1) is 13.4. The zero-order chi connectivity index (χ0) is 20.4. The summed E-state index contributed by atoms with van der Waals surface area (Å²) in [5.74, 6) is 2.90. The largest absolute Gasteiger partial charge is 0.444 e. The number of aliphatic imine (C=N–C) groups is 1. The van der Waals surface area contributed by atoms with Crippen molar-refractivity contribution in [2.45, 2.75) is 71.4 Å². The second kappa shape index (κ2) is 12.9. The number of rotatable bonds is 7. The fourth-order valence-electron chi connectivity index (χ4n) is 3.04. The zero-order valence-electron chi connectivity index (χ0n) is 18.1. The number of carbonyl (C=O) groups is 1. The number of hydrogen-bond donors (Lipinski definition) is 3. The lowest BCUT2D eigenvalue weighted by atomic mass is 10.2. The highest BCUT2D eigenvalue weighted by atomic mass is 127. The van der Waals surface area contributed by atoms with Crippen LogP contribution < -0.4 is 16.0 Å². The molecule has 0 aromatic carbocycles. The van der Waals surface area contributed by atoms with Crippen LogP contribution in [-0.4, -0.2) is 59.1 Å². The van der Waals surface area contributed by atoms with Gasteiger partial charge in [0.15, 0.2) is 5.96 Å². The molecule has 10 heteroatoms. The number of ether oxygens (including phenoxy) is 1. The molecule has 0 atom stereocenters. The van der Waals surface area contributed by atoms with Gasteiger partial charge in [0.2, 0.25) is 0 Å². The molecule has 9 nitrogen and oxygen atoms in total. The Balaban J connectivity index is 0.00000420. The van der Waals surface area contributed by atoms with Crippen molar-refractivity contribution in [3.8, 4) is 0 Å². The normalized spacial score (nSPS) is 14.3. The first-order valence-electron chi connectivity index (χ1n) is 10.2. The maximum absolute atomic E-state index is 11.6. The van der Waals surface area contributed by atoms with E-state index in [1.807, 2.05) is 20.8 Å². The van der Waals surface area contributed by atoms with E-state index in [0.717, 1.165) is 50.0 Å². The summed E-state index contributed by atoms with van der Waals surface area (Å²) in [6.07, 6.45) is 5.90. The Morgan fingerprint density at radius 3 is 2.55 bits per heavy atom. The molecule has 0 saturated carbocycles. The summed E-state index contributed by atoms with van der Waals surface area (Å²) in [6, 6.07) is 0. The number of alkyl carbamates (subject to hydrolysis) is 1. The number of fused-ring (bicyclic) bond motifs is 1. The van der Waals surface area contributed by atoms with Crippen molar-refractivity contribution in [3.05, 3.63) is 11.6 Å². The van der Waals surface area contributed by atoms with Crippen LogP contribution in [0, 0.1) is 0 Å². The van der Waals surface area contributed by atoms with Gasteiger partial charge in [-0.25, -0.2) is 4.79 Å². The number of hydrogen-bond acceptors (Lipinski definition) is 5. The Morgan fingerprint density at radius 2 is 1.83 bits per heavy atom. The van der Waals surface area contributed by atoms with E-state index < -0.39 is 5.60 Å². The summed E-state index contributed by atoms with van der Waals surface area (Å²) in [5.41, 5.74) is -0.475. The van der Waals surface area contributed by atoms with E-state index in [0.29, 0.717) is 13.1 Å². The first-order valence-corrected chi connectivity index (χ1v) is 10.2. The smallest absolute Gasteiger partial charge is 0.407 e. The van der Waals surface area contributed by atoms with Gasteiger partial charge in [0.1, 0.15) is 17.2 Å². The van der Waals surface area contributed by atoms with Crippen molar-refractivity contribution in [1.29, 1.82) is 0 Å². The standard InChI is InChI=1S/C19H35N7O2.HI/c1-19(2,3)28-18(27)23-12-8-11-21-17(20-4)22-13-10-16-25-24-15-9-6-5-7-14-26(15)16;/h5-14H2,1-4H3,(H,23,27)(H2,20,21,22);1H. The third-order valence-electron chi connectivity index (χ3n) is 4.36. The average Bonchev–Trinajstić information content (AvgIpc) is 2.85. The topological polar surface area (TPSA) is 105 Å². The Morgan fingerprint density at radius 1 is 1.10 bits per heavy atom. The van der Waals surface area contributed by atoms with E-state index in [2.05, 4.69) is 35.7 Å². The second-order valence-electron chi connectivity index (χ2n) is 7.95. The van der Waals surface area contributed by atoms with Crippen LogP contribution in [0.15, 0.2) is 4.99 Å². The van der Waals surface area contributed by atoms with Crippen LogP contribution in [0.1, 0.15) is 58.1 Å². The molecular formula is C19H36IN7O2. The van der Waals surface area contributed by atoms with Gasteiger partial charge in [-0.1, -0.05) is 6.42 Å². The number of guanidine groups is 1. The van der Waals surface area contributed by atoms with E-state index in [1.54, 1.807) is 7.05 Å². The number of nitrogens with zero attached hydrogens (tertiary/aromatic N) is 4. The predicted molar refractivity (Wildman–Crippen MR) is 125 cm³/mol. The fraction of sp³-hybridized carbons (Fsp3) is 0.789. The van der Waals surface area contributed by atoms with Gasteiger partial charge in [-0.3, -0.25) is 4.99 Å². The van der Waals surface area contributed by atoms with Crippen molar-refractivity contribution in [2.24, 2.45) is 4.99 Å². The molecule has 0 bridgehead atoms. The lowest BCUT2D eigenvalue weighted by Crippen LogP contribution is -2.40. The number of amides is 1. The van der Waals surface area contributed by atoms with Gasteiger partial charge in [0.25, 0.3) is 0 Å². The highest BCUT2D eigenvalue weighted by Gasteiger charge is 2.16. The summed E-state index contributed by atoms with van der Waals surface area (Å²) < 4.78 is 7.47. The Bertz CT molecular complexity index is 655. The molecule has 0 fully saturated rings. The third-order valence-corrected chi connectivity index (χ3v) is 4.36. The Labute approximate surface area is 190 Å². The number of halogens is 1. The molecule has 0 spiro atoms. The molecule has 1 aromatic heterocycles. The van der Waals surface area contributed by atoms with Crippen LogP contribution in [0.5, 0.6) is 0 Å². The van der Waals surface area contributed by atoms with Crippen LogP contribution in [0.2, 0.25) is 0 Å². The lowest BCUT2D eigenvalue weighted by molar-refractivity contribution is 0.0527. The molecule has 3 N–H and O–H groups in total.